The molecule has 27 heavy (non-hydrogen) atoms. The fourth-order valence-electron chi connectivity index (χ4n) is 3.31. The van der Waals surface area contributed by atoms with Gasteiger partial charge in [-0.25, -0.2) is 9.37 Å². The van der Waals surface area contributed by atoms with E-state index in [1.165, 1.54) is 0 Å². The van der Waals surface area contributed by atoms with Gasteiger partial charge in [-0.2, -0.15) is 0 Å². The number of thioether (sulfide) groups is 1. The number of aliphatic hydroxyl groups excluding tert-OH is 1. The monoisotopic (exact) mass is 390 g/mol. The van der Waals surface area contributed by atoms with Crippen molar-refractivity contribution in [3.8, 4) is 11.6 Å². The number of aliphatic hydroxyl groups is 1. The van der Waals surface area contributed by atoms with Gasteiger partial charge in [-0.1, -0.05) is 18.9 Å². The fraction of sp³-hybridized carbons (Fsp3) is 0.400. The summed E-state index contributed by atoms with van der Waals surface area (Å²) in [7, 11) is 0. The second-order valence-electron chi connectivity index (χ2n) is 6.59. The number of halogens is 1. The molecule has 1 saturated carbocycles. The summed E-state index contributed by atoms with van der Waals surface area (Å²) in [6.07, 6.45) is 6.68. The summed E-state index contributed by atoms with van der Waals surface area (Å²) in [6.45, 7) is 0.0250. The Bertz CT molecular complexity index is 803. The van der Waals surface area contributed by atoms with Crippen molar-refractivity contribution < 1.29 is 19.0 Å². The van der Waals surface area contributed by atoms with Crippen LogP contribution in [0.2, 0.25) is 0 Å². The molecule has 1 amide bonds. The molecule has 1 aliphatic carbocycles. The number of ether oxygens (including phenoxy) is 1. The van der Waals surface area contributed by atoms with Gasteiger partial charge < -0.3 is 15.2 Å². The second-order valence-corrected chi connectivity index (χ2v) is 7.47. The second kappa shape index (κ2) is 9.19. The van der Waals surface area contributed by atoms with E-state index in [1.807, 2.05) is 24.5 Å². The third kappa shape index (κ3) is 4.99. The zero-order valence-electron chi connectivity index (χ0n) is 15.2. The van der Waals surface area contributed by atoms with Crippen LogP contribution >= 0.6 is 11.8 Å². The van der Waals surface area contributed by atoms with Crippen LogP contribution in [0.3, 0.4) is 0 Å². The predicted octanol–water partition coefficient (Wildman–Crippen LogP) is 4.02. The van der Waals surface area contributed by atoms with E-state index in [1.54, 1.807) is 17.8 Å². The topological polar surface area (TPSA) is 71.5 Å². The minimum Gasteiger partial charge on any atom is -0.438 e. The molecule has 0 unspecified atom stereocenters. The van der Waals surface area contributed by atoms with Crippen LogP contribution in [0.4, 0.5) is 4.39 Å². The molecule has 1 aromatic carbocycles. The molecule has 2 N–H and O–H groups in total. The molecule has 1 aromatic heterocycles. The molecule has 144 valence electrons. The summed E-state index contributed by atoms with van der Waals surface area (Å²) in [6, 6.07) is 8.38. The molecule has 1 aliphatic rings. The molecule has 1 fully saturated rings. The highest BCUT2D eigenvalue weighted by atomic mass is 32.2. The van der Waals surface area contributed by atoms with E-state index >= 15 is 0 Å². The summed E-state index contributed by atoms with van der Waals surface area (Å²) >= 11 is 1.57. The Morgan fingerprint density at radius 3 is 2.96 bits per heavy atom. The standard InChI is InChI=1S/C20H23FN2O3S/c1-27-16-7-4-6-15(10-16)26-20-17(9-14(21)11-22-20)19(25)23-18-8-3-2-5-13(18)12-24/h4,6-7,9-11,13,18,24H,2-3,5,8,12H2,1H3,(H,23,25)/t13-,18+/m1/s1. The normalized spacial score (nSPS) is 19.5. The molecule has 0 saturated heterocycles. The summed E-state index contributed by atoms with van der Waals surface area (Å²) in [5.74, 6) is -0.438. The number of benzene rings is 1. The average Bonchev–Trinajstić information content (AvgIpc) is 2.70. The predicted molar refractivity (Wildman–Crippen MR) is 103 cm³/mol. The fourth-order valence-corrected chi connectivity index (χ4v) is 3.76. The van der Waals surface area contributed by atoms with Gasteiger partial charge in [-0.15, -0.1) is 11.8 Å². The number of carbonyl (C=O) groups excluding carboxylic acids is 1. The molecule has 3 rings (SSSR count). The van der Waals surface area contributed by atoms with Crippen molar-refractivity contribution in [1.82, 2.24) is 10.3 Å². The maximum atomic E-state index is 13.7. The minimum absolute atomic E-state index is 0.0202. The van der Waals surface area contributed by atoms with Crippen molar-refractivity contribution in [3.63, 3.8) is 0 Å². The van der Waals surface area contributed by atoms with E-state index in [9.17, 15) is 14.3 Å². The van der Waals surface area contributed by atoms with Gasteiger partial charge >= 0.3 is 0 Å². The quantitative estimate of drug-likeness (QED) is 0.729. The van der Waals surface area contributed by atoms with Gasteiger partial charge in [0, 0.05) is 23.5 Å². The van der Waals surface area contributed by atoms with Gasteiger partial charge in [0.25, 0.3) is 5.91 Å². The zero-order valence-corrected chi connectivity index (χ0v) is 16.0. The van der Waals surface area contributed by atoms with Gasteiger partial charge in [0.05, 0.1) is 6.20 Å². The van der Waals surface area contributed by atoms with E-state index in [0.29, 0.717) is 5.75 Å². The van der Waals surface area contributed by atoms with Crippen molar-refractivity contribution in [1.29, 1.82) is 0 Å². The number of hydrogen-bond acceptors (Lipinski definition) is 5. The molecule has 0 spiro atoms. The molecule has 2 aromatic rings. The Morgan fingerprint density at radius 2 is 2.19 bits per heavy atom. The first-order valence-corrected chi connectivity index (χ1v) is 10.2. The highest BCUT2D eigenvalue weighted by Crippen LogP contribution is 2.28. The third-order valence-electron chi connectivity index (χ3n) is 4.78. The number of nitrogens with zero attached hydrogens (tertiary/aromatic N) is 1. The lowest BCUT2D eigenvalue weighted by molar-refractivity contribution is 0.0869. The summed E-state index contributed by atoms with van der Waals surface area (Å²) < 4.78 is 19.5. The molecule has 0 radical (unpaired) electrons. The summed E-state index contributed by atoms with van der Waals surface area (Å²) in [5, 5.41) is 12.5. The molecule has 7 heteroatoms. The van der Waals surface area contributed by atoms with Crippen LogP contribution in [-0.2, 0) is 0 Å². The SMILES string of the molecule is CSc1cccc(Oc2ncc(F)cc2C(=O)N[C@H]2CCCC[C@@H]2CO)c1. The van der Waals surface area contributed by atoms with Crippen LogP contribution in [0.15, 0.2) is 41.4 Å². The van der Waals surface area contributed by atoms with Crippen LogP contribution in [0.1, 0.15) is 36.0 Å². The van der Waals surface area contributed by atoms with Crippen molar-refractivity contribution in [2.45, 2.75) is 36.6 Å². The first kappa shape index (κ1) is 19.6. The zero-order chi connectivity index (χ0) is 19.2. The van der Waals surface area contributed by atoms with E-state index in [0.717, 1.165) is 42.8 Å². The van der Waals surface area contributed by atoms with Crippen LogP contribution in [0, 0.1) is 11.7 Å². The van der Waals surface area contributed by atoms with Crippen molar-refractivity contribution in [3.05, 3.63) is 47.9 Å². The number of carbonyl (C=O) groups is 1. The minimum atomic E-state index is -0.604. The molecular weight excluding hydrogens is 367 g/mol. The number of hydrogen-bond donors (Lipinski definition) is 2. The number of rotatable bonds is 6. The maximum absolute atomic E-state index is 13.7. The van der Waals surface area contributed by atoms with Gasteiger partial charge in [0.2, 0.25) is 5.88 Å². The molecule has 5 nitrogen and oxygen atoms in total. The van der Waals surface area contributed by atoms with E-state index in [-0.39, 0.29) is 30.0 Å². The smallest absolute Gasteiger partial charge is 0.257 e. The lowest BCUT2D eigenvalue weighted by atomic mass is 9.85. The molecule has 0 aliphatic heterocycles. The number of nitrogens with one attached hydrogen (secondary N) is 1. The Kier molecular flexibility index (Phi) is 6.68. The molecule has 0 bridgehead atoms. The van der Waals surface area contributed by atoms with Crippen LogP contribution in [0.25, 0.3) is 0 Å². The van der Waals surface area contributed by atoms with Crippen molar-refractivity contribution in [2.24, 2.45) is 5.92 Å². The van der Waals surface area contributed by atoms with Crippen LogP contribution < -0.4 is 10.1 Å². The van der Waals surface area contributed by atoms with Crippen molar-refractivity contribution >= 4 is 17.7 Å². The Hall–Kier alpha value is -2.12. The highest BCUT2D eigenvalue weighted by Gasteiger charge is 2.27. The summed E-state index contributed by atoms with van der Waals surface area (Å²) in [4.78, 5) is 17.8. The van der Waals surface area contributed by atoms with Gasteiger partial charge in [0.15, 0.2) is 0 Å². The number of aromatic nitrogens is 1. The Morgan fingerprint density at radius 1 is 1.37 bits per heavy atom. The van der Waals surface area contributed by atoms with E-state index < -0.39 is 11.7 Å². The number of amides is 1. The van der Waals surface area contributed by atoms with Crippen LogP contribution in [0.5, 0.6) is 11.6 Å². The van der Waals surface area contributed by atoms with Gasteiger partial charge in [0.1, 0.15) is 17.1 Å². The molecular formula is C20H23FN2O3S. The average molecular weight is 390 g/mol. The van der Waals surface area contributed by atoms with Crippen LogP contribution in [-0.4, -0.2) is 34.9 Å². The number of pyridine rings is 1. The largest absolute Gasteiger partial charge is 0.438 e. The van der Waals surface area contributed by atoms with E-state index in [2.05, 4.69) is 10.3 Å². The highest BCUT2D eigenvalue weighted by molar-refractivity contribution is 7.98. The maximum Gasteiger partial charge on any atom is 0.257 e. The molecule has 2 atom stereocenters. The third-order valence-corrected chi connectivity index (χ3v) is 5.50. The lowest BCUT2D eigenvalue weighted by Gasteiger charge is -2.30. The Balaban J connectivity index is 1.81. The first-order chi connectivity index (χ1) is 13.1. The van der Waals surface area contributed by atoms with Gasteiger partial charge in [-0.05, 0) is 43.4 Å². The Labute approximate surface area is 162 Å². The van der Waals surface area contributed by atoms with E-state index in [4.69, 9.17) is 4.74 Å². The van der Waals surface area contributed by atoms with Gasteiger partial charge in [-0.3, -0.25) is 4.79 Å². The molecule has 1 heterocycles. The lowest BCUT2D eigenvalue weighted by Crippen LogP contribution is -2.43. The van der Waals surface area contributed by atoms with Crippen molar-refractivity contribution in [2.75, 3.05) is 12.9 Å². The first-order valence-electron chi connectivity index (χ1n) is 9.00. The summed E-state index contributed by atoms with van der Waals surface area (Å²) in [5.41, 5.74) is 0.0480.